The predicted octanol–water partition coefficient (Wildman–Crippen LogP) is 1.07. The van der Waals surface area contributed by atoms with E-state index >= 15 is 0 Å². The van der Waals surface area contributed by atoms with E-state index in [0.29, 0.717) is 11.3 Å². The number of imidazole rings is 1. The molecule has 2 N–H and O–H groups in total. The summed E-state index contributed by atoms with van der Waals surface area (Å²) >= 11 is 0. The number of esters is 1. The summed E-state index contributed by atoms with van der Waals surface area (Å²) in [6, 6.07) is 6.52. The molecule has 0 aliphatic rings. The lowest BCUT2D eigenvalue weighted by atomic mass is 10.1. The molecule has 0 aliphatic carbocycles. The third kappa shape index (κ3) is 2.65. The Labute approximate surface area is 115 Å². The largest absolute Gasteiger partial charge is 0.464 e. The summed E-state index contributed by atoms with van der Waals surface area (Å²) in [5.74, 6) is -0.685. The molecule has 0 fully saturated rings. The minimum absolute atomic E-state index is 0.214. The van der Waals surface area contributed by atoms with Gasteiger partial charge in [0, 0.05) is 11.9 Å². The van der Waals surface area contributed by atoms with Gasteiger partial charge in [-0.3, -0.25) is 4.57 Å². The molecule has 1 heterocycles. The standard InChI is InChI=1S/C14H16N2O4/c1-3-20-13(18)12(17)10-4-6-11(7-5-10)16-9(2)8-15-14(16)19/h4-8,12,17H,3H2,1-2H3,(H,15,19). The quantitative estimate of drug-likeness (QED) is 0.818. The van der Waals surface area contributed by atoms with E-state index in [1.165, 1.54) is 4.57 Å². The molecular weight excluding hydrogens is 260 g/mol. The number of hydrogen-bond donors (Lipinski definition) is 2. The average Bonchev–Trinajstić information content (AvgIpc) is 2.78. The lowest BCUT2D eigenvalue weighted by molar-refractivity contribution is -0.153. The van der Waals surface area contributed by atoms with Crippen molar-refractivity contribution in [2.24, 2.45) is 0 Å². The van der Waals surface area contributed by atoms with Crippen LogP contribution in [0.1, 0.15) is 24.3 Å². The first-order chi connectivity index (χ1) is 9.54. The smallest absolute Gasteiger partial charge is 0.339 e. The molecule has 6 nitrogen and oxygen atoms in total. The van der Waals surface area contributed by atoms with Crippen molar-refractivity contribution in [3.8, 4) is 5.69 Å². The summed E-state index contributed by atoms with van der Waals surface area (Å²) in [7, 11) is 0. The minimum atomic E-state index is -1.31. The predicted molar refractivity (Wildman–Crippen MR) is 72.7 cm³/mol. The Balaban J connectivity index is 2.27. The Bertz CT molecular complexity index is 655. The van der Waals surface area contributed by atoms with Crippen LogP contribution in [-0.4, -0.2) is 27.2 Å². The molecule has 0 radical (unpaired) electrons. The number of aryl methyl sites for hydroxylation is 1. The van der Waals surface area contributed by atoms with Gasteiger partial charge in [0.25, 0.3) is 0 Å². The second kappa shape index (κ2) is 5.75. The number of benzene rings is 1. The molecule has 0 aliphatic heterocycles. The highest BCUT2D eigenvalue weighted by molar-refractivity contribution is 5.76. The lowest BCUT2D eigenvalue weighted by Crippen LogP contribution is -2.17. The Hall–Kier alpha value is -2.34. The number of carbonyl (C=O) groups excluding carboxylic acids is 1. The Morgan fingerprint density at radius 2 is 2.05 bits per heavy atom. The minimum Gasteiger partial charge on any atom is -0.464 e. The van der Waals surface area contributed by atoms with Crippen molar-refractivity contribution in [2.75, 3.05) is 6.61 Å². The maximum atomic E-state index is 11.6. The number of ether oxygens (including phenoxy) is 1. The van der Waals surface area contributed by atoms with E-state index in [0.717, 1.165) is 5.69 Å². The van der Waals surface area contributed by atoms with Crippen LogP contribution in [0.15, 0.2) is 35.3 Å². The molecule has 2 rings (SSSR count). The number of aliphatic hydroxyl groups is 1. The van der Waals surface area contributed by atoms with E-state index < -0.39 is 12.1 Å². The van der Waals surface area contributed by atoms with Gasteiger partial charge in [-0.15, -0.1) is 0 Å². The van der Waals surface area contributed by atoms with Crippen molar-refractivity contribution in [1.29, 1.82) is 0 Å². The number of rotatable bonds is 4. The van der Waals surface area contributed by atoms with E-state index in [1.807, 2.05) is 0 Å². The van der Waals surface area contributed by atoms with Gasteiger partial charge >= 0.3 is 11.7 Å². The van der Waals surface area contributed by atoms with Gasteiger partial charge in [0.1, 0.15) is 0 Å². The van der Waals surface area contributed by atoms with Crippen LogP contribution in [-0.2, 0) is 9.53 Å². The average molecular weight is 276 g/mol. The number of aromatic amines is 1. The molecule has 2 aromatic rings. The van der Waals surface area contributed by atoms with Crippen LogP contribution >= 0.6 is 0 Å². The first-order valence-corrected chi connectivity index (χ1v) is 6.26. The second-order valence-electron chi connectivity index (χ2n) is 4.32. The number of aromatic nitrogens is 2. The molecule has 6 heteroatoms. The highest BCUT2D eigenvalue weighted by atomic mass is 16.5. The number of nitrogens with one attached hydrogen (secondary N) is 1. The van der Waals surface area contributed by atoms with Gasteiger partial charge in [0.15, 0.2) is 6.10 Å². The van der Waals surface area contributed by atoms with Crippen LogP contribution in [0, 0.1) is 6.92 Å². The normalized spacial score (nSPS) is 12.2. The third-order valence-electron chi connectivity index (χ3n) is 2.94. The molecule has 0 saturated heterocycles. The summed E-state index contributed by atoms with van der Waals surface area (Å²) in [5.41, 5.74) is 1.62. The third-order valence-corrected chi connectivity index (χ3v) is 2.94. The maximum Gasteiger partial charge on any atom is 0.339 e. The van der Waals surface area contributed by atoms with Gasteiger partial charge in [-0.1, -0.05) is 12.1 Å². The van der Waals surface area contributed by atoms with Gasteiger partial charge in [-0.25, -0.2) is 9.59 Å². The van der Waals surface area contributed by atoms with Gasteiger partial charge in [-0.05, 0) is 31.5 Å². The van der Waals surface area contributed by atoms with Crippen molar-refractivity contribution in [2.45, 2.75) is 20.0 Å². The summed E-state index contributed by atoms with van der Waals surface area (Å²) in [6.07, 6.45) is 0.303. The fourth-order valence-electron chi connectivity index (χ4n) is 1.94. The van der Waals surface area contributed by atoms with Crippen molar-refractivity contribution in [1.82, 2.24) is 9.55 Å². The number of H-pyrrole nitrogens is 1. The molecule has 20 heavy (non-hydrogen) atoms. The van der Waals surface area contributed by atoms with Crippen molar-refractivity contribution in [3.05, 3.63) is 52.2 Å². The highest BCUT2D eigenvalue weighted by Crippen LogP contribution is 2.17. The Morgan fingerprint density at radius 1 is 1.40 bits per heavy atom. The summed E-state index contributed by atoms with van der Waals surface area (Å²) in [6.45, 7) is 3.69. The number of aliphatic hydroxyl groups excluding tert-OH is 1. The van der Waals surface area contributed by atoms with E-state index in [9.17, 15) is 14.7 Å². The SMILES string of the molecule is CCOC(=O)C(O)c1ccc(-n2c(C)c[nH]c2=O)cc1. The molecular formula is C14H16N2O4. The van der Waals surface area contributed by atoms with Crippen LogP contribution in [0.4, 0.5) is 0 Å². The van der Waals surface area contributed by atoms with Crippen molar-refractivity contribution in [3.63, 3.8) is 0 Å². The monoisotopic (exact) mass is 276 g/mol. The van der Waals surface area contributed by atoms with Crippen LogP contribution in [0.3, 0.4) is 0 Å². The molecule has 106 valence electrons. The topological polar surface area (TPSA) is 84.3 Å². The number of nitrogens with zero attached hydrogens (tertiary/aromatic N) is 1. The highest BCUT2D eigenvalue weighted by Gasteiger charge is 2.18. The molecule has 0 amide bonds. The first-order valence-electron chi connectivity index (χ1n) is 6.26. The van der Waals surface area contributed by atoms with E-state index in [1.54, 1.807) is 44.3 Å². The fourth-order valence-corrected chi connectivity index (χ4v) is 1.94. The van der Waals surface area contributed by atoms with Crippen LogP contribution in [0.2, 0.25) is 0 Å². The van der Waals surface area contributed by atoms with E-state index in [4.69, 9.17) is 4.74 Å². The molecule has 0 bridgehead atoms. The number of hydrogen-bond acceptors (Lipinski definition) is 4. The van der Waals surface area contributed by atoms with Crippen LogP contribution in [0.5, 0.6) is 0 Å². The molecule has 1 unspecified atom stereocenters. The first kappa shape index (κ1) is 14.1. The zero-order valence-electron chi connectivity index (χ0n) is 11.3. The zero-order chi connectivity index (χ0) is 14.7. The van der Waals surface area contributed by atoms with Gasteiger partial charge in [0.2, 0.25) is 0 Å². The number of carbonyl (C=O) groups is 1. The maximum absolute atomic E-state index is 11.6. The summed E-state index contributed by atoms with van der Waals surface area (Å²) in [5, 5.41) is 9.80. The second-order valence-corrected chi connectivity index (χ2v) is 4.32. The molecule has 0 spiro atoms. The molecule has 1 aromatic carbocycles. The molecule has 0 saturated carbocycles. The van der Waals surface area contributed by atoms with E-state index in [2.05, 4.69) is 4.98 Å². The molecule has 1 aromatic heterocycles. The zero-order valence-corrected chi connectivity index (χ0v) is 11.3. The van der Waals surface area contributed by atoms with Gasteiger partial charge < -0.3 is 14.8 Å². The van der Waals surface area contributed by atoms with Crippen molar-refractivity contribution >= 4 is 5.97 Å². The van der Waals surface area contributed by atoms with Gasteiger partial charge in [-0.2, -0.15) is 0 Å². The van der Waals surface area contributed by atoms with E-state index in [-0.39, 0.29) is 12.3 Å². The molecule has 1 atom stereocenters. The lowest BCUT2D eigenvalue weighted by Gasteiger charge is -2.11. The van der Waals surface area contributed by atoms with Gasteiger partial charge in [0.05, 0.1) is 12.3 Å². The van der Waals surface area contributed by atoms with Crippen LogP contribution in [0.25, 0.3) is 5.69 Å². The van der Waals surface area contributed by atoms with Crippen LogP contribution < -0.4 is 5.69 Å². The Morgan fingerprint density at radius 3 is 2.55 bits per heavy atom. The fraction of sp³-hybridized carbons (Fsp3) is 0.286. The Kier molecular flexibility index (Phi) is 4.05. The summed E-state index contributed by atoms with van der Waals surface area (Å²) < 4.78 is 6.25. The summed E-state index contributed by atoms with van der Waals surface area (Å²) in [4.78, 5) is 25.7. The van der Waals surface area contributed by atoms with Crippen molar-refractivity contribution < 1.29 is 14.6 Å².